The van der Waals surface area contributed by atoms with Gasteiger partial charge in [-0.25, -0.2) is 4.79 Å². The number of nitrogens with two attached hydrogens (primary N) is 2. The molecule has 0 saturated heterocycles. The molecule has 76 valence electrons. The summed E-state index contributed by atoms with van der Waals surface area (Å²) >= 11 is 0. The maximum absolute atomic E-state index is 10.7. The molecular formula is C7H15N3O3. The van der Waals surface area contributed by atoms with E-state index in [2.05, 4.69) is 10.1 Å². The molecule has 0 radical (unpaired) electrons. The van der Waals surface area contributed by atoms with E-state index in [-0.39, 0.29) is 12.6 Å². The molecule has 1 unspecified atom stereocenters. The third-order valence-corrected chi connectivity index (χ3v) is 1.49. The van der Waals surface area contributed by atoms with E-state index in [1.165, 1.54) is 0 Å². The zero-order chi connectivity index (χ0) is 10.3. The SMILES string of the molecule is CCC(NCCOC(N)=O)C(N)=O. The van der Waals surface area contributed by atoms with Crippen LogP contribution in [0.1, 0.15) is 13.3 Å². The lowest BCUT2D eigenvalue weighted by Gasteiger charge is -2.12. The highest BCUT2D eigenvalue weighted by molar-refractivity contribution is 5.79. The average molecular weight is 189 g/mol. The normalized spacial score (nSPS) is 12.1. The number of nitrogens with one attached hydrogen (secondary N) is 1. The maximum atomic E-state index is 10.7. The van der Waals surface area contributed by atoms with Crippen molar-refractivity contribution in [3.05, 3.63) is 0 Å². The molecule has 0 aliphatic carbocycles. The molecule has 0 aliphatic heterocycles. The van der Waals surface area contributed by atoms with E-state index in [1.807, 2.05) is 6.92 Å². The van der Waals surface area contributed by atoms with E-state index >= 15 is 0 Å². The van der Waals surface area contributed by atoms with Crippen LogP contribution in [0.2, 0.25) is 0 Å². The lowest BCUT2D eigenvalue weighted by atomic mass is 10.2. The molecule has 0 aliphatic rings. The fraction of sp³-hybridized carbons (Fsp3) is 0.714. The van der Waals surface area contributed by atoms with Gasteiger partial charge in [-0.2, -0.15) is 0 Å². The summed E-state index contributed by atoms with van der Waals surface area (Å²) in [6.07, 6.45) is -0.222. The molecule has 1 atom stereocenters. The van der Waals surface area contributed by atoms with Crippen molar-refractivity contribution in [3.63, 3.8) is 0 Å². The van der Waals surface area contributed by atoms with Gasteiger partial charge in [0.05, 0.1) is 6.04 Å². The minimum absolute atomic E-state index is 0.138. The Morgan fingerprint density at radius 2 is 2.08 bits per heavy atom. The molecule has 0 fully saturated rings. The fourth-order valence-corrected chi connectivity index (χ4v) is 0.831. The highest BCUT2D eigenvalue weighted by atomic mass is 16.5. The van der Waals surface area contributed by atoms with Crippen molar-refractivity contribution in [1.82, 2.24) is 5.32 Å². The van der Waals surface area contributed by atoms with Crippen LogP contribution >= 0.6 is 0 Å². The quantitative estimate of drug-likeness (QED) is 0.462. The Balaban J connectivity index is 3.50. The second kappa shape index (κ2) is 6.24. The lowest BCUT2D eigenvalue weighted by molar-refractivity contribution is -0.120. The Morgan fingerprint density at radius 1 is 1.46 bits per heavy atom. The maximum Gasteiger partial charge on any atom is 0.404 e. The molecule has 5 N–H and O–H groups in total. The van der Waals surface area contributed by atoms with Crippen molar-refractivity contribution >= 4 is 12.0 Å². The molecule has 0 saturated carbocycles. The first-order valence-electron chi connectivity index (χ1n) is 4.02. The van der Waals surface area contributed by atoms with Crippen molar-refractivity contribution in [2.75, 3.05) is 13.2 Å². The largest absolute Gasteiger partial charge is 0.448 e. The van der Waals surface area contributed by atoms with Gasteiger partial charge in [0.25, 0.3) is 0 Å². The minimum Gasteiger partial charge on any atom is -0.448 e. The molecule has 0 heterocycles. The van der Waals surface area contributed by atoms with Crippen LogP contribution in [0, 0.1) is 0 Å². The first-order chi connectivity index (χ1) is 6.07. The number of carbonyl (C=O) groups is 2. The van der Waals surface area contributed by atoms with Crippen LogP contribution in [0.25, 0.3) is 0 Å². The zero-order valence-corrected chi connectivity index (χ0v) is 7.58. The number of hydrogen-bond donors (Lipinski definition) is 3. The van der Waals surface area contributed by atoms with Crippen molar-refractivity contribution in [2.45, 2.75) is 19.4 Å². The summed E-state index contributed by atoms with van der Waals surface area (Å²) in [5.41, 5.74) is 9.78. The number of primary amides is 2. The molecule has 0 aromatic rings. The fourth-order valence-electron chi connectivity index (χ4n) is 0.831. The number of hydrogen-bond acceptors (Lipinski definition) is 4. The van der Waals surface area contributed by atoms with Gasteiger partial charge in [-0.05, 0) is 6.42 Å². The Labute approximate surface area is 76.6 Å². The Morgan fingerprint density at radius 3 is 2.46 bits per heavy atom. The van der Waals surface area contributed by atoms with Crippen LogP contribution in [-0.4, -0.2) is 31.2 Å². The predicted octanol–water partition coefficient (Wildman–Crippen LogP) is -1.06. The summed E-state index contributed by atoms with van der Waals surface area (Å²) in [7, 11) is 0. The van der Waals surface area contributed by atoms with Crippen LogP contribution in [0.4, 0.5) is 4.79 Å². The summed E-state index contributed by atoms with van der Waals surface area (Å²) in [6, 6.07) is -0.378. The van der Waals surface area contributed by atoms with E-state index in [1.54, 1.807) is 0 Å². The van der Waals surface area contributed by atoms with Crippen molar-refractivity contribution in [2.24, 2.45) is 11.5 Å². The topological polar surface area (TPSA) is 107 Å². The monoisotopic (exact) mass is 189 g/mol. The standard InChI is InChI=1S/C7H15N3O3/c1-2-5(6(8)11)10-3-4-13-7(9)12/h5,10H,2-4H2,1H3,(H2,8,11)(H2,9,12). The summed E-state index contributed by atoms with van der Waals surface area (Å²) in [4.78, 5) is 20.8. The summed E-state index contributed by atoms with van der Waals surface area (Å²) in [5, 5.41) is 2.82. The van der Waals surface area contributed by atoms with E-state index in [0.29, 0.717) is 13.0 Å². The van der Waals surface area contributed by atoms with Crippen LogP contribution < -0.4 is 16.8 Å². The van der Waals surface area contributed by atoms with Gasteiger partial charge in [0.15, 0.2) is 0 Å². The third-order valence-electron chi connectivity index (χ3n) is 1.49. The highest BCUT2D eigenvalue weighted by Crippen LogP contribution is 1.87. The molecule has 2 amide bonds. The summed E-state index contributed by atoms with van der Waals surface area (Å²) in [5.74, 6) is -0.415. The van der Waals surface area contributed by atoms with Gasteiger partial charge < -0.3 is 21.5 Å². The Kier molecular flexibility index (Phi) is 5.62. The number of carbonyl (C=O) groups excluding carboxylic acids is 2. The molecule has 6 nitrogen and oxygen atoms in total. The first kappa shape index (κ1) is 11.7. The predicted molar refractivity (Wildman–Crippen MR) is 46.8 cm³/mol. The van der Waals surface area contributed by atoms with Crippen molar-refractivity contribution < 1.29 is 14.3 Å². The highest BCUT2D eigenvalue weighted by Gasteiger charge is 2.10. The molecule has 0 aromatic carbocycles. The van der Waals surface area contributed by atoms with E-state index in [9.17, 15) is 9.59 Å². The summed E-state index contributed by atoms with van der Waals surface area (Å²) < 4.78 is 4.44. The minimum atomic E-state index is -0.825. The van der Waals surface area contributed by atoms with E-state index < -0.39 is 12.0 Å². The van der Waals surface area contributed by atoms with Gasteiger partial charge in [-0.3, -0.25) is 4.79 Å². The van der Waals surface area contributed by atoms with Gasteiger partial charge in [0, 0.05) is 6.54 Å². The smallest absolute Gasteiger partial charge is 0.404 e. The third kappa shape index (κ3) is 5.92. The molecule has 0 aromatic heterocycles. The number of rotatable bonds is 6. The number of ether oxygens (including phenoxy) is 1. The van der Waals surface area contributed by atoms with Crippen LogP contribution in [0.5, 0.6) is 0 Å². The Bertz CT molecular complexity index is 184. The summed E-state index contributed by atoms with van der Waals surface area (Å²) in [6.45, 7) is 2.33. The number of amides is 2. The average Bonchev–Trinajstić information content (AvgIpc) is 2.03. The van der Waals surface area contributed by atoms with Gasteiger partial charge in [0.1, 0.15) is 6.61 Å². The molecule has 0 bridgehead atoms. The van der Waals surface area contributed by atoms with E-state index in [0.717, 1.165) is 0 Å². The van der Waals surface area contributed by atoms with Gasteiger partial charge in [0.2, 0.25) is 5.91 Å². The molecule has 0 rings (SSSR count). The van der Waals surface area contributed by atoms with Crippen LogP contribution in [-0.2, 0) is 9.53 Å². The molecular weight excluding hydrogens is 174 g/mol. The van der Waals surface area contributed by atoms with Crippen molar-refractivity contribution in [3.8, 4) is 0 Å². The van der Waals surface area contributed by atoms with Gasteiger partial charge in [-0.15, -0.1) is 0 Å². The van der Waals surface area contributed by atoms with Gasteiger partial charge >= 0.3 is 6.09 Å². The first-order valence-corrected chi connectivity index (χ1v) is 4.02. The second-order valence-electron chi connectivity index (χ2n) is 2.48. The van der Waals surface area contributed by atoms with Crippen molar-refractivity contribution in [1.29, 1.82) is 0 Å². The molecule has 13 heavy (non-hydrogen) atoms. The zero-order valence-electron chi connectivity index (χ0n) is 7.58. The molecule has 0 spiro atoms. The van der Waals surface area contributed by atoms with E-state index in [4.69, 9.17) is 11.5 Å². The van der Waals surface area contributed by atoms with Gasteiger partial charge in [-0.1, -0.05) is 6.92 Å². The van der Waals surface area contributed by atoms with Crippen LogP contribution in [0.15, 0.2) is 0 Å². The molecule has 6 heteroatoms. The van der Waals surface area contributed by atoms with Crippen LogP contribution in [0.3, 0.4) is 0 Å². The Hall–Kier alpha value is -1.30. The second-order valence-corrected chi connectivity index (χ2v) is 2.48. The lowest BCUT2D eigenvalue weighted by Crippen LogP contribution is -2.42.